The summed E-state index contributed by atoms with van der Waals surface area (Å²) in [5.41, 5.74) is 4.28. The third-order valence-corrected chi connectivity index (χ3v) is 3.75. The summed E-state index contributed by atoms with van der Waals surface area (Å²) in [5.74, 6) is 0. The molecular formula is C15H24N2. The molecule has 1 aromatic carbocycles. The van der Waals surface area contributed by atoms with Crippen LogP contribution in [0.5, 0.6) is 0 Å². The van der Waals surface area contributed by atoms with Crippen molar-refractivity contribution in [2.24, 2.45) is 0 Å². The molecule has 0 aliphatic carbocycles. The molecule has 1 heterocycles. The number of hydrogen-bond donors (Lipinski definition) is 1. The van der Waals surface area contributed by atoms with Gasteiger partial charge in [-0.1, -0.05) is 18.2 Å². The van der Waals surface area contributed by atoms with E-state index in [2.05, 4.69) is 49.2 Å². The van der Waals surface area contributed by atoms with Crippen molar-refractivity contribution >= 4 is 5.69 Å². The van der Waals surface area contributed by atoms with Crippen molar-refractivity contribution in [1.29, 1.82) is 0 Å². The fourth-order valence-electron chi connectivity index (χ4n) is 2.78. The molecule has 1 saturated heterocycles. The summed E-state index contributed by atoms with van der Waals surface area (Å²) in [6, 6.07) is 7.24. The molecule has 2 heteroatoms. The molecule has 1 aliphatic heterocycles. The molecular weight excluding hydrogens is 208 g/mol. The SMILES string of the molecule is Cc1cccc(C)c1N1CCCNCCC1C. The second-order valence-corrected chi connectivity index (χ2v) is 5.18. The maximum Gasteiger partial charge on any atom is 0.0428 e. The fraction of sp³-hybridized carbons (Fsp3) is 0.600. The van der Waals surface area contributed by atoms with Crippen molar-refractivity contribution in [3.05, 3.63) is 29.3 Å². The second kappa shape index (κ2) is 5.54. The average molecular weight is 232 g/mol. The number of rotatable bonds is 1. The number of anilines is 1. The Morgan fingerprint density at radius 2 is 1.88 bits per heavy atom. The zero-order valence-corrected chi connectivity index (χ0v) is 11.3. The minimum absolute atomic E-state index is 0.627. The minimum atomic E-state index is 0.627. The zero-order valence-electron chi connectivity index (χ0n) is 11.3. The van der Waals surface area contributed by atoms with Gasteiger partial charge in [-0.05, 0) is 57.8 Å². The summed E-state index contributed by atoms with van der Waals surface area (Å²) in [6.07, 6.45) is 2.46. The first kappa shape index (κ1) is 12.4. The molecule has 0 spiro atoms. The van der Waals surface area contributed by atoms with E-state index in [0.717, 1.165) is 13.1 Å². The van der Waals surface area contributed by atoms with Gasteiger partial charge < -0.3 is 10.2 Å². The number of benzene rings is 1. The number of hydrogen-bond acceptors (Lipinski definition) is 2. The Balaban J connectivity index is 2.28. The van der Waals surface area contributed by atoms with E-state index in [1.165, 1.54) is 36.2 Å². The highest BCUT2D eigenvalue weighted by atomic mass is 15.2. The topological polar surface area (TPSA) is 15.3 Å². The third-order valence-electron chi connectivity index (χ3n) is 3.75. The van der Waals surface area contributed by atoms with Gasteiger partial charge in [0.1, 0.15) is 0 Å². The maximum absolute atomic E-state index is 3.49. The lowest BCUT2D eigenvalue weighted by molar-refractivity contribution is 0.498. The van der Waals surface area contributed by atoms with Gasteiger partial charge in [-0.15, -0.1) is 0 Å². The highest BCUT2D eigenvalue weighted by Crippen LogP contribution is 2.27. The molecule has 2 nitrogen and oxygen atoms in total. The summed E-state index contributed by atoms with van der Waals surface area (Å²) < 4.78 is 0. The number of aryl methyl sites for hydroxylation is 2. The largest absolute Gasteiger partial charge is 0.368 e. The quantitative estimate of drug-likeness (QED) is 0.801. The molecule has 1 aliphatic rings. The molecule has 1 aromatic rings. The van der Waals surface area contributed by atoms with Crippen LogP contribution >= 0.6 is 0 Å². The number of para-hydroxylation sites is 1. The van der Waals surface area contributed by atoms with E-state index >= 15 is 0 Å². The van der Waals surface area contributed by atoms with Crippen LogP contribution in [0.1, 0.15) is 30.9 Å². The summed E-state index contributed by atoms with van der Waals surface area (Å²) in [4.78, 5) is 2.60. The molecule has 94 valence electrons. The van der Waals surface area contributed by atoms with Crippen molar-refractivity contribution < 1.29 is 0 Å². The van der Waals surface area contributed by atoms with Gasteiger partial charge in [-0.3, -0.25) is 0 Å². The predicted molar refractivity (Wildman–Crippen MR) is 74.8 cm³/mol. The first-order valence-corrected chi connectivity index (χ1v) is 6.73. The monoisotopic (exact) mass is 232 g/mol. The predicted octanol–water partition coefficient (Wildman–Crippen LogP) is 2.88. The van der Waals surface area contributed by atoms with Crippen molar-refractivity contribution in [1.82, 2.24) is 5.32 Å². The maximum atomic E-state index is 3.49. The van der Waals surface area contributed by atoms with Gasteiger partial charge in [0, 0.05) is 18.3 Å². The van der Waals surface area contributed by atoms with E-state index < -0.39 is 0 Å². The van der Waals surface area contributed by atoms with Crippen LogP contribution in [0.3, 0.4) is 0 Å². The molecule has 1 N–H and O–H groups in total. The Morgan fingerprint density at radius 3 is 2.59 bits per heavy atom. The molecule has 1 fully saturated rings. The third kappa shape index (κ3) is 2.81. The van der Waals surface area contributed by atoms with E-state index in [4.69, 9.17) is 0 Å². The van der Waals surface area contributed by atoms with E-state index in [1.54, 1.807) is 0 Å². The van der Waals surface area contributed by atoms with E-state index in [1.807, 2.05) is 0 Å². The van der Waals surface area contributed by atoms with E-state index in [-0.39, 0.29) is 0 Å². The molecule has 0 saturated carbocycles. The standard InChI is InChI=1S/C15H24N2/c1-12-6-4-7-13(2)15(12)17-11-5-9-16-10-8-14(17)3/h4,6-7,14,16H,5,8-11H2,1-3H3. The van der Waals surface area contributed by atoms with Gasteiger partial charge in [0.05, 0.1) is 0 Å². The molecule has 2 rings (SSSR count). The van der Waals surface area contributed by atoms with Crippen molar-refractivity contribution in [3.8, 4) is 0 Å². The van der Waals surface area contributed by atoms with Crippen LogP contribution < -0.4 is 10.2 Å². The smallest absolute Gasteiger partial charge is 0.0428 e. The van der Waals surface area contributed by atoms with Gasteiger partial charge in [0.15, 0.2) is 0 Å². The average Bonchev–Trinajstić information content (AvgIpc) is 2.27. The first-order valence-electron chi connectivity index (χ1n) is 6.73. The Kier molecular flexibility index (Phi) is 4.06. The molecule has 0 radical (unpaired) electrons. The van der Waals surface area contributed by atoms with Crippen molar-refractivity contribution in [2.75, 3.05) is 24.5 Å². The fourth-order valence-corrected chi connectivity index (χ4v) is 2.78. The summed E-state index contributed by atoms with van der Waals surface area (Å²) in [5, 5.41) is 3.49. The second-order valence-electron chi connectivity index (χ2n) is 5.18. The molecule has 0 bridgehead atoms. The van der Waals surface area contributed by atoms with Crippen LogP contribution in [-0.4, -0.2) is 25.7 Å². The lowest BCUT2D eigenvalue weighted by atomic mass is 10.0. The Bertz CT molecular complexity index is 353. The number of nitrogens with zero attached hydrogens (tertiary/aromatic N) is 1. The molecule has 0 amide bonds. The summed E-state index contributed by atoms with van der Waals surface area (Å²) >= 11 is 0. The van der Waals surface area contributed by atoms with Gasteiger partial charge in [-0.2, -0.15) is 0 Å². The summed E-state index contributed by atoms with van der Waals surface area (Å²) in [6.45, 7) is 10.3. The lowest BCUT2D eigenvalue weighted by Gasteiger charge is -2.35. The normalized spacial score (nSPS) is 22.1. The Morgan fingerprint density at radius 1 is 1.18 bits per heavy atom. The van der Waals surface area contributed by atoms with Crippen LogP contribution in [0.2, 0.25) is 0 Å². The van der Waals surface area contributed by atoms with Gasteiger partial charge in [-0.25, -0.2) is 0 Å². The highest BCUT2D eigenvalue weighted by molar-refractivity contribution is 5.59. The zero-order chi connectivity index (χ0) is 12.3. The molecule has 1 unspecified atom stereocenters. The minimum Gasteiger partial charge on any atom is -0.368 e. The van der Waals surface area contributed by atoms with Crippen LogP contribution in [0.15, 0.2) is 18.2 Å². The van der Waals surface area contributed by atoms with Crippen molar-refractivity contribution in [3.63, 3.8) is 0 Å². The molecule has 0 aromatic heterocycles. The lowest BCUT2D eigenvalue weighted by Crippen LogP contribution is -2.40. The van der Waals surface area contributed by atoms with Gasteiger partial charge >= 0.3 is 0 Å². The molecule has 1 atom stereocenters. The Labute approximate surface area is 105 Å². The first-order chi connectivity index (χ1) is 8.20. The van der Waals surface area contributed by atoms with Gasteiger partial charge in [0.2, 0.25) is 0 Å². The number of nitrogens with one attached hydrogen (secondary N) is 1. The van der Waals surface area contributed by atoms with Crippen LogP contribution in [-0.2, 0) is 0 Å². The van der Waals surface area contributed by atoms with Crippen LogP contribution in [0.4, 0.5) is 5.69 Å². The van der Waals surface area contributed by atoms with Crippen LogP contribution in [0, 0.1) is 13.8 Å². The highest BCUT2D eigenvalue weighted by Gasteiger charge is 2.18. The van der Waals surface area contributed by atoms with Gasteiger partial charge in [0.25, 0.3) is 0 Å². The van der Waals surface area contributed by atoms with Crippen molar-refractivity contribution in [2.45, 2.75) is 39.7 Å². The summed E-state index contributed by atoms with van der Waals surface area (Å²) in [7, 11) is 0. The Hall–Kier alpha value is -1.02. The van der Waals surface area contributed by atoms with E-state index in [9.17, 15) is 0 Å². The molecule has 17 heavy (non-hydrogen) atoms. The van der Waals surface area contributed by atoms with Crippen LogP contribution in [0.25, 0.3) is 0 Å². The van der Waals surface area contributed by atoms with E-state index in [0.29, 0.717) is 6.04 Å².